The fourth-order valence-electron chi connectivity index (χ4n) is 1.61. The van der Waals surface area contributed by atoms with E-state index in [1.807, 2.05) is 0 Å². The second-order valence-electron chi connectivity index (χ2n) is 4.10. The van der Waals surface area contributed by atoms with Crippen LogP contribution in [0.2, 0.25) is 0 Å². The third-order valence-corrected chi connectivity index (χ3v) is 2.83. The van der Waals surface area contributed by atoms with Crippen molar-refractivity contribution < 1.29 is 14.3 Å². The molecule has 0 atom stereocenters. The van der Waals surface area contributed by atoms with Crippen molar-refractivity contribution in [1.29, 1.82) is 0 Å². The fourth-order valence-corrected chi connectivity index (χ4v) is 1.61. The Morgan fingerprint density at radius 1 is 1.44 bits per heavy atom. The Kier molecular flexibility index (Phi) is 3.44. The summed E-state index contributed by atoms with van der Waals surface area (Å²) in [5.74, 6) is 2.17. The van der Waals surface area contributed by atoms with Crippen LogP contribution in [0.5, 0.6) is 11.5 Å². The molecule has 0 radical (unpaired) electrons. The van der Waals surface area contributed by atoms with Crippen LogP contribution in [-0.4, -0.2) is 20.0 Å². The van der Waals surface area contributed by atoms with Gasteiger partial charge in [-0.05, 0) is 24.5 Å². The molecule has 0 bridgehead atoms. The lowest BCUT2D eigenvalue weighted by atomic mass is 10.2. The number of carbonyl (C=O) groups is 1. The molecule has 2 rings (SSSR count). The van der Waals surface area contributed by atoms with Gasteiger partial charge >= 0.3 is 0 Å². The highest BCUT2D eigenvalue weighted by atomic mass is 16.5. The summed E-state index contributed by atoms with van der Waals surface area (Å²) < 4.78 is 10.7. The van der Waals surface area contributed by atoms with Crippen molar-refractivity contribution in [3.8, 4) is 11.5 Å². The van der Waals surface area contributed by atoms with Gasteiger partial charge in [0.2, 0.25) is 0 Å². The molecule has 3 heteroatoms. The van der Waals surface area contributed by atoms with Gasteiger partial charge in [-0.25, -0.2) is 0 Å². The lowest BCUT2D eigenvalue weighted by Gasteiger charge is -2.09. The lowest BCUT2D eigenvalue weighted by molar-refractivity contribution is 0.111. The highest BCUT2D eigenvalue weighted by Gasteiger charge is 2.20. The lowest BCUT2D eigenvalue weighted by Crippen LogP contribution is -2.01. The molecule has 1 aliphatic rings. The summed E-state index contributed by atoms with van der Waals surface area (Å²) >= 11 is 0. The van der Waals surface area contributed by atoms with Gasteiger partial charge in [-0.2, -0.15) is 0 Å². The number of hydrogen-bond donors (Lipinski definition) is 0. The summed E-state index contributed by atoms with van der Waals surface area (Å²) in [6.07, 6.45) is 4.53. The molecular formula is C13H16O3. The predicted octanol–water partition coefficient (Wildman–Crippen LogP) is 2.69. The molecule has 0 unspecified atom stereocenters. The van der Waals surface area contributed by atoms with Crippen molar-refractivity contribution in [3.63, 3.8) is 0 Å². The van der Waals surface area contributed by atoms with Crippen LogP contribution in [-0.2, 0) is 0 Å². The van der Waals surface area contributed by atoms with Gasteiger partial charge in [0.15, 0.2) is 6.29 Å². The third kappa shape index (κ3) is 2.75. The zero-order valence-corrected chi connectivity index (χ0v) is 9.44. The van der Waals surface area contributed by atoms with E-state index in [1.54, 1.807) is 25.3 Å². The van der Waals surface area contributed by atoms with Crippen LogP contribution in [0.3, 0.4) is 0 Å². The van der Waals surface area contributed by atoms with Crippen LogP contribution in [0, 0.1) is 5.92 Å². The Bertz CT molecular complexity index is 369. The summed E-state index contributed by atoms with van der Waals surface area (Å²) in [5.41, 5.74) is 0.580. The van der Waals surface area contributed by atoms with E-state index in [1.165, 1.54) is 12.8 Å². The van der Waals surface area contributed by atoms with Crippen LogP contribution >= 0.6 is 0 Å². The number of carbonyl (C=O) groups excluding carboxylic acids is 1. The second-order valence-corrected chi connectivity index (χ2v) is 4.10. The van der Waals surface area contributed by atoms with Gasteiger partial charge in [0, 0.05) is 6.07 Å². The normalized spacial score (nSPS) is 14.6. The van der Waals surface area contributed by atoms with Gasteiger partial charge in [-0.1, -0.05) is 12.8 Å². The van der Waals surface area contributed by atoms with Gasteiger partial charge in [-0.15, -0.1) is 0 Å². The average molecular weight is 220 g/mol. The number of rotatable bonds is 6. The van der Waals surface area contributed by atoms with Gasteiger partial charge in [0.05, 0.1) is 19.3 Å². The molecule has 1 aliphatic carbocycles. The quantitative estimate of drug-likeness (QED) is 0.691. The predicted molar refractivity (Wildman–Crippen MR) is 61.2 cm³/mol. The minimum atomic E-state index is 0.580. The van der Waals surface area contributed by atoms with Crippen molar-refractivity contribution in [2.24, 2.45) is 5.92 Å². The van der Waals surface area contributed by atoms with E-state index in [0.717, 1.165) is 18.6 Å². The minimum Gasteiger partial charge on any atom is -0.497 e. The monoisotopic (exact) mass is 220 g/mol. The van der Waals surface area contributed by atoms with Crippen molar-refractivity contribution >= 4 is 6.29 Å². The molecule has 0 aliphatic heterocycles. The molecule has 1 aromatic rings. The van der Waals surface area contributed by atoms with Crippen LogP contribution in [0.25, 0.3) is 0 Å². The Hall–Kier alpha value is -1.51. The van der Waals surface area contributed by atoms with E-state index in [4.69, 9.17) is 9.47 Å². The van der Waals surface area contributed by atoms with Crippen LogP contribution in [0.4, 0.5) is 0 Å². The standard InChI is InChI=1S/C13H16O3/c1-15-12-5-4-11(9-14)13(8-12)16-7-6-10-2-3-10/h4-5,8-10H,2-3,6-7H2,1H3. The molecule has 0 spiro atoms. The maximum absolute atomic E-state index is 10.8. The first kappa shape index (κ1) is 11.0. The number of hydrogen-bond acceptors (Lipinski definition) is 3. The van der Waals surface area contributed by atoms with Crippen molar-refractivity contribution in [1.82, 2.24) is 0 Å². The summed E-state index contributed by atoms with van der Waals surface area (Å²) in [7, 11) is 1.60. The number of ether oxygens (including phenoxy) is 2. The maximum atomic E-state index is 10.8. The molecule has 0 N–H and O–H groups in total. The maximum Gasteiger partial charge on any atom is 0.153 e. The Morgan fingerprint density at radius 2 is 2.25 bits per heavy atom. The minimum absolute atomic E-state index is 0.580. The number of methoxy groups -OCH3 is 1. The molecule has 0 aromatic heterocycles. The van der Waals surface area contributed by atoms with Crippen LogP contribution < -0.4 is 9.47 Å². The SMILES string of the molecule is COc1ccc(C=O)c(OCCC2CC2)c1. The Balaban J connectivity index is 1.99. The topological polar surface area (TPSA) is 35.5 Å². The van der Waals surface area contributed by atoms with E-state index in [0.29, 0.717) is 23.7 Å². The molecule has 16 heavy (non-hydrogen) atoms. The largest absolute Gasteiger partial charge is 0.497 e. The number of benzene rings is 1. The Labute approximate surface area is 95.4 Å². The van der Waals surface area contributed by atoms with Gasteiger partial charge in [0.25, 0.3) is 0 Å². The molecule has 1 fully saturated rings. The Morgan fingerprint density at radius 3 is 2.88 bits per heavy atom. The van der Waals surface area contributed by atoms with E-state index in [9.17, 15) is 4.79 Å². The van der Waals surface area contributed by atoms with E-state index in [2.05, 4.69) is 0 Å². The highest BCUT2D eigenvalue weighted by Crippen LogP contribution is 2.32. The zero-order valence-electron chi connectivity index (χ0n) is 9.44. The first-order valence-electron chi connectivity index (χ1n) is 5.59. The molecule has 0 saturated heterocycles. The third-order valence-electron chi connectivity index (χ3n) is 2.83. The summed E-state index contributed by atoms with van der Waals surface area (Å²) in [6.45, 7) is 0.679. The van der Waals surface area contributed by atoms with E-state index >= 15 is 0 Å². The van der Waals surface area contributed by atoms with Gasteiger partial charge in [-0.3, -0.25) is 4.79 Å². The molecule has 3 nitrogen and oxygen atoms in total. The van der Waals surface area contributed by atoms with Gasteiger partial charge < -0.3 is 9.47 Å². The van der Waals surface area contributed by atoms with E-state index < -0.39 is 0 Å². The smallest absolute Gasteiger partial charge is 0.153 e. The van der Waals surface area contributed by atoms with Crippen molar-refractivity contribution in [3.05, 3.63) is 23.8 Å². The van der Waals surface area contributed by atoms with Crippen LogP contribution in [0.15, 0.2) is 18.2 Å². The van der Waals surface area contributed by atoms with Crippen molar-refractivity contribution in [2.75, 3.05) is 13.7 Å². The molecular weight excluding hydrogens is 204 g/mol. The molecule has 86 valence electrons. The summed E-state index contributed by atoms with van der Waals surface area (Å²) in [4.78, 5) is 10.8. The van der Waals surface area contributed by atoms with Crippen molar-refractivity contribution in [2.45, 2.75) is 19.3 Å². The van der Waals surface area contributed by atoms with E-state index in [-0.39, 0.29) is 0 Å². The first-order valence-corrected chi connectivity index (χ1v) is 5.59. The van der Waals surface area contributed by atoms with Crippen LogP contribution in [0.1, 0.15) is 29.6 Å². The van der Waals surface area contributed by atoms with Gasteiger partial charge in [0.1, 0.15) is 11.5 Å². The summed E-state index contributed by atoms with van der Waals surface area (Å²) in [6, 6.07) is 5.24. The summed E-state index contributed by atoms with van der Waals surface area (Å²) in [5, 5.41) is 0. The molecule has 1 aromatic carbocycles. The molecule has 0 amide bonds. The first-order chi connectivity index (χ1) is 7.83. The fraction of sp³-hybridized carbons (Fsp3) is 0.462. The second kappa shape index (κ2) is 5.01. The number of aldehydes is 1. The average Bonchev–Trinajstić information content (AvgIpc) is 3.13. The highest BCUT2D eigenvalue weighted by molar-refractivity contribution is 5.79. The zero-order chi connectivity index (χ0) is 11.4. The molecule has 0 heterocycles. The molecule has 1 saturated carbocycles.